The van der Waals surface area contributed by atoms with Gasteiger partial charge in [0, 0.05) is 6.42 Å². The maximum absolute atomic E-state index is 10.0. The van der Waals surface area contributed by atoms with Crippen LogP contribution in [0.15, 0.2) is 17.1 Å². The number of carbonyl (C=O) groups excluding carboxylic acids is 1. The van der Waals surface area contributed by atoms with Gasteiger partial charge in [-0.15, -0.1) is 0 Å². The number of isocyanates is 1. The summed E-state index contributed by atoms with van der Waals surface area (Å²) >= 11 is 6.14. The molecule has 0 unspecified atom stereocenters. The van der Waals surface area contributed by atoms with Crippen LogP contribution < -0.4 is 9.47 Å². The Kier molecular flexibility index (Phi) is 3.44. The lowest BCUT2D eigenvalue weighted by Crippen LogP contribution is -1.97. The van der Waals surface area contributed by atoms with E-state index in [0.29, 0.717) is 29.7 Å². The van der Waals surface area contributed by atoms with Crippen molar-refractivity contribution in [2.75, 3.05) is 13.2 Å². The smallest absolute Gasteiger partial charge is 0.235 e. The Balaban J connectivity index is 2.37. The minimum Gasteiger partial charge on any atom is -0.490 e. The van der Waals surface area contributed by atoms with Gasteiger partial charge < -0.3 is 9.47 Å². The molecular weight excluding hydrogens is 230 g/mol. The number of fused-ring (bicyclic) bond motifs is 1. The van der Waals surface area contributed by atoms with Crippen LogP contribution in [0.5, 0.6) is 11.5 Å². The number of rotatable bonds is 2. The molecule has 1 aliphatic heterocycles. The fourth-order valence-electron chi connectivity index (χ4n) is 1.48. The van der Waals surface area contributed by atoms with Gasteiger partial charge in [0.25, 0.3) is 0 Å². The van der Waals surface area contributed by atoms with Crippen LogP contribution in [0.1, 0.15) is 12.0 Å². The van der Waals surface area contributed by atoms with Crippen LogP contribution in [0.4, 0.5) is 0 Å². The van der Waals surface area contributed by atoms with Gasteiger partial charge in [-0.05, 0) is 11.6 Å². The number of nitrogens with zero attached hydrogens (tertiary/aromatic N) is 1. The third kappa shape index (κ3) is 2.18. The standard InChI is InChI=1S/C11H10ClNO3/c12-10-8(6-13-7-14)2-3-9-11(10)16-5-1-4-15-9/h2-3H,1,4-6H2. The van der Waals surface area contributed by atoms with Crippen LogP contribution in [0.2, 0.25) is 5.02 Å². The first-order valence-electron chi connectivity index (χ1n) is 4.93. The molecule has 84 valence electrons. The molecule has 0 aromatic heterocycles. The normalized spacial score (nSPS) is 13.8. The third-order valence-electron chi connectivity index (χ3n) is 2.25. The van der Waals surface area contributed by atoms with E-state index in [9.17, 15) is 4.79 Å². The Hall–Kier alpha value is -1.51. The molecule has 1 heterocycles. The van der Waals surface area contributed by atoms with Crippen LogP contribution in [-0.2, 0) is 11.3 Å². The molecule has 0 bridgehead atoms. The van der Waals surface area contributed by atoms with Crippen molar-refractivity contribution in [3.8, 4) is 11.5 Å². The second-order valence-corrected chi connectivity index (χ2v) is 3.70. The molecule has 5 heteroatoms. The Morgan fingerprint density at radius 2 is 2.19 bits per heavy atom. The lowest BCUT2D eigenvalue weighted by atomic mass is 10.2. The summed E-state index contributed by atoms with van der Waals surface area (Å²) in [6.45, 7) is 1.40. The number of hydrogen-bond acceptors (Lipinski definition) is 4. The molecule has 0 amide bonds. The van der Waals surface area contributed by atoms with Crippen LogP contribution in [0.3, 0.4) is 0 Å². The van der Waals surface area contributed by atoms with Crippen LogP contribution in [0.25, 0.3) is 0 Å². The summed E-state index contributed by atoms with van der Waals surface area (Å²) in [5, 5.41) is 0.457. The predicted molar refractivity (Wildman–Crippen MR) is 58.9 cm³/mol. The summed E-state index contributed by atoms with van der Waals surface area (Å²) in [5.41, 5.74) is 0.731. The van der Waals surface area contributed by atoms with Gasteiger partial charge in [0.05, 0.1) is 24.8 Å². The monoisotopic (exact) mass is 239 g/mol. The minimum absolute atomic E-state index is 0.207. The number of halogens is 1. The molecular formula is C11H10ClNO3. The Morgan fingerprint density at radius 3 is 3.00 bits per heavy atom. The predicted octanol–water partition coefficient (Wildman–Crippen LogP) is 2.34. The van der Waals surface area contributed by atoms with Crippen molar-refractivity contribution in [1.29, 1.82) is 0 Å². The van der Waals surface area contributed by atoms with E-state index in [1.165, 1.54) is 6.08 Å². The van der Waals surface area contributed by atoms with E-state index >= 15 is 0 Å². The summed E-state index contributed by atoms with van der Waals surface area (Å²) < 4.78 is 11.0. The van der Waals surface area contributed by atoms with Gasteiger partial charge in [-0.25, -0.2) is 9.79 Å². The average Bonchev–Trinajstić information content (AvgIpc) is 2.54. The summed E-state index contributed by atoms with van der Waals surface area (Å²) in [6.07, 6.45) is 2.31. The second-order valence-electron chi connectivity index (χ2n) is 3.32. The first kappa shape index (κ1) is 11.0. The molecule has 16 heavy (non-hydrogen) atoms. The third-order valence-corrected chi connectivity index (χ3v) is 2.66. The molecule has 4 nitrogen and oxygen atoms in total. The molecule has 0 saturated heterocycles. The molecule has 0 aliphatic carbocycles. The molecule has 1 aromatic rings. The highest BCUT2D eigenvalue weighted by atomic mass is 35.5. The van der Waals surface area contributed by atoms with Gasteiger partial charge in [-0.2, -0.15) is 0 Å². The lowest BCUT2D eigenvalue weighted by molar-refractivity contribution is 0.297. The van der Waals surface area contributed by atoms with Crippen molar-refractivity contribution in [1.82, 2.24) is 0 Å². The van der Waals surface area contributed by atoms with Gasteiger partial charge in [0.2, 0.25) is 6.08 Å². The second kappa shape index (κ2) is 5.01. The molecule has 0 radical (unpaired) electrons. The van der Waals surface area contributed by atoms with E-state index in [0.717, 1.165) is 12.0 Å². The van der Waals surface area contributed by atoms with Gasteiger partial charge in [0.15, 0.2) is 11.5 Å². The quantitative estimate of drug-likeness (QED) is 0.588. The molecule has 0 saturated carbocycles. The Morgan fingerprint density at radius 1 is 1.38 bits per heavy atom. The zero-order chi connectivity index (χ0) is 11.4. The van der Waals surface area contributed by atoms with E-state index < -0.39 is 0 Å². The van der Waals surface area contributed by atoms with Crippen LogP contribution in [-0.4, -0.2) is 19.3 Å². The van der Waals surface area contributed by atoms with E-state index in [1.54, 1.807) is 12.1 Å². The molecule has 2 rings (SSSR count). The summed E-state index contributed by atoms with van der Waals surface area (Å²) in [4.78, 5) is 13.5. The van der Waals surface area contributed by atoms with E-state index in [1.807, 2.05) is 0 Å². The molecule has 0 spiro atoms. The summed E-state index contributed by atoms with van der Waals surface area (Å²) in [5.74, 6) is 1.18. The number of benzene rings is 1. The molecule has 0 N–H and O–H groups in total. The van der Waals surface area contributed by atoms with E-state index in [4.69, 9.17) is 21.1 Å². The van der Waals surface area contributed by atoms with E-state index in [2.05, 4.69) is 4.99 Å². The maximum atomic E-state index is 10.0. The van der Waals surface area contributed by atoms with Gasteiger partial charge in [-0.1, -0.05) is 17.7 Å². The zero-order valence-electron chi connectivity index (χ0n) is 8.53. The molecule has 1 aliphatic rings. The topological polar surface area (TPSA) is 47.9 Å². The van der Waals surface area contributed by atoms with Crippen molar-refractivity contribution in [2.24, 2.45) is 4.99 Å². The van der Waals surface area contributed by atoms with Gasteiger partial charge >= 0.3 is 0 Å². The van der Waals surface area contributed by atoms with Crippen LogP contribution >= 0.6 is 11.6 Å². The minimum atomic E-state index is 0.207. The number of aliphatic imine (C=N–C) groups is 1. The first-order chi connectivity index (χ1) is 7.83. The summed E-state index contributed by atoms with van der Waals surface area (Å²) in [6, 6.07) is 3.55. The fourth-order valence-corrected chi connectivity index (χ4v) is 1.75. The lowest BCUT2D eigenvalue weighted by Gasteiger charge is -2.10. The zero-order valence-corrected chi connectivity index (χ0v) is 9.29. The summed E-state index contributed by atoms with van der Waals surface area (Å²) in [7, 11) is 0. The molecule has 0 atom stereocenters. The number of ether oxygens (including phenoxy) is 2. The van der Waals surface area contributed by atoms with Crippen molar-refractivity contribution >= 4 is 17.7 Å². The highest BCUT2D eigenvalue weighted by molar-refractivity contribution is 6.33. The molecule has 0 fully saturated rings. The average molecular weight is 240 g/mol. The molecule has 1 aromatic carbocycles. The van der Waals surface area contributed by atoms with E-state index in [-0.39, 0.29) is 6.54 Å². The largest absolute Gasteiger partial charge is 0.490 e. The highest BCUT2D eigenvalue weighted by Gasteiger charge is 2.16. The van der Waals surface area contributed by atoms with Crippen molar-refractivity contribution in [2.45, 2.75) is 13.0 Å². The van der Waals surface area contributed by atoms with Crippen molar-refractivity contribution in [3.05, 3.63) is 22.7 Å². The van der Waals surface area contributed by atoms with Crippen molar-refractivity contribution in [3.63, 3.8) is 0 Å². The SMILES string of the molecule is O=C=NCc1ccc2c(c1Cl)OCCCO2. The first-order valence-corrected chi connectivity index (χ1v) is 5.31. The Labute approximate surface area is 97.8 Å². The van der Waals surface area contributed by atoms with Gasteiger partial charge in [0.1, 0.15) is 0 Å². The maximum Gasteiger partial charge on any atom is 0.235 e. The van der Waals surface area contributed by atoms with Gasteiger partial charge in [-0.3, -0.25) is 0 Å². The fraction of sp³-hybridized carbons (Fsp3) is 0.364. The Bertz CT molecular complexity index is 441. The number of hydrogen-bond donors (Lipinski definition) is 0. The highest BCUT2D eigenvalue weighted by Crippen LogP contribution is 2.39. The van der Waals surface area contributed by atoms with Crippen LogP contribution in [0, 0.1) is 0 Å². The van der Waals surface area contributed by atoms with Crippen molar-refractivity contribution < 1.29 is 14.3 Å².